The Hall–Kier alpha value is -3.60. The lowest BCUT2D eigenvalue weighted by Gasteiger charge is -2.10. The van der Waals surface area contributed by atoms with Crippen LogP contribution in [0.1, 0.15) is 12.7 Å². The highest BCUT2D eigenvalue weighted by atomic mass is 32.2. The molecule has 1 aromatic carbocycles. The highest BCUT2D eigenvalue weighted by molar-refractivity contribution is 8.18. The molecule has 0 N–H and O–H groups in total. The van der Waals surface area contributed by atoms with Gasteiger partial charge in [-0.05, 0) is 36.9 Å². The molecule has 0 radical (unpaired) electrons. The Morgan fingerprint density at radius 3 is 2.73 bits per heavy atom. The molecule has 2 heterocycles. The standard InChI is InChI=1S/C19H16N2O8S/c1-3-28-17(22)10-20-18(23)16(30-19(20)24)9-12-5-7-14(29-12)13-6-4-11(21(25)26)8-15(13)27-2/h4-9H,3,10H2,1-2H3. The molecule has 3 rings (SSSR count). The molecule has 2 aromatic rings. The van der Waals surface area contributed by atoms with Crippen LogP contribution < -0.4 is 4.74 Å². The molecule has 0 spiro atoms. The molecule has 0 unspecified atom stereocenters. The van der Waals surface area contributed by atoms with Gasteiger partial charge in [0.25, 0.3) is 16.8 Å². The van der Waals surface area contributed by atoms with Crippen molar-refractivity contribution in [1.29, 1.82) is 0 Å². The number of nitrogens with zero attached hydrogens (tertiary/aromatic N) is 2. The number of hydrogen-bond acceptors (Lipinski definition) is 9. The fraction of sp³-hybridized carbons (Fsp3) is 0.211. The minimum atomic E-state index is -0.674. The molecule has 156 valence electrons. The normalized spacial score (nSPS) is 15.0. The first-order valence-electron chi connectivity index (χ1n) is 8.67. The average Bonchev–Trinajstić information content (AvgIpc) is 3.28. The number of non-ortho nitro benzene ring substituents is 1. The molecule has 2 amide bonds. The van der Waals surface area contributed by atoms with Gasteiger partial charge in [0.2, 0.25) is 0 Å². The number of furan rings is 1. The number of thioether (sulfide) groups is 1. The van der Waals surface area contributed by atoms with E-state index in [0.29, 0.717) is 23.1 Å². The van der Waals surface area contributed by atoms with E-state index in [2.05, 4.69) is 0 Å². The average molecular weight is 432 g/mol. The number of hydrogen-bond donors (Lipinski definition) is 0. The number of nitro benzene ring substituents is 1. The summed E-state index contributed by atoms with van der Waals surface area (Å²) in [4.78, 5) is 47.3. The molecular formula is C19H16N2O8S. The van der Waals surface area contributed by atoms with E-state index in [0.717, 1.165) is 4.90 Å². The molecule has 1 aliphatic rings. The second-order valence-corrected chi connectivity index (χ2v) is 6.91. The van der Waals surface area contributed by atoms with Crippen molar-refractivity contribution in [2.24, 2.45) is 0 Å². The highest BCUT2D eigenvalue weighted by Gasteiger charge is 2.36. The zero-order chi connectivity index (χ0) is 21.8. The fourth-order valence-corrected chi connectivity index (χ4v) is 3.49. The first-order chi connectivity index (χ1) is 14.3. The molecular weight excluding hydrogens is 416 g/mol. The largest absolute Gasteiger partial charge is 0.496 e. The van der Waals surface area contributed by atoms with Crippen molar-refractivity contribution >= 4 is 40.6 Å². The summed E-state index contributed by atoms with van der Waals surface area (Å²) in [6, 6.07) is 7.28. The van der Waals surface area contributed by atoms with Crippen LogP contribution in [-0.4, -0.2) is 47.2 Å². The maximum Gasteiger partial charge on any atom is 0.326 e. The Labute approximate surface area is 174 Å². The summed E-state index contributed by atoms with van der Waals surface area (Å²) in [5.41, 5.74) is 0.357. The quantitative estimate of drug-likeness (QED) is 0.279. The molecule has 0 saturated carbocycles. The van der Waals surface area contributed by atoms with Crippen LogP contribution in [0.4, 0.5) is 10.5 Å². The van der Waals surface area contributed by atoms with Gasteiger partial charge in [-0.3, -0.25) is 29.4 Å². The number of esters is 1. The molecule has 0 atom stereocenters. The van der Waals surface area contributed by atoms with E-state index >= 15 is 0 Å². The second-order valence-electron chi connectivity index (χ2n) is 5.92. The van der Waals surface area contributed by atoms with E-state index in [1.165, 1.54) is 31.4 Å². The monoisotopic (exact) mass is 432 g/mol. The Morgan fingerprint density at radius 2 is 2.07 bits per heavy atom. The third-order valence-electron chi connectivity index (χ3n) is 4.03. The van der Waals surface area contributed by atoms with E-state index in [1.54, 1.807) is 19.1 Å². The van der Waals surface area contributed by atoms with E-state index in [4.69, 9.17) is 13.9 Å². The first kappa shape index (κ1) is 21.1. The number of rotatable bonds is 7. The number of carbonyl (C=O) groups is 3. The van der Waals surface area contributed by atoms with Crippen LogP contribution in [0.15, 0.2) is 39.7 Å². The highest BCUT2D eigenvalue weighted by Crippen LogP contribution is 2.36. The summed E-state index contributed by atoms with van der Waals surface area (Å²) in [7, 11) is 1.38. The molecule has 0 bridgehead atoms. The minimum absolute atomic E-state index is 0.0980. The maximum absolute atomic E-state index is 12.4. The van der Waals surface area contributed by atoms with Crippen molar-refractivity contribution in [2.45, 2.75) is 6.92 Å². The molecule has 11 heteroatoms. The lowest BCUT2D eigenvalue weighted by molar-refractivity contribution is -0.384. The lowest BCUT2D eigenvalue weighted by Crippen LogP contribution is -2.34. The van der Waals surface area contributed by atoms with Crippen LogP contribution in [-0.2, 0) is 14.3 Å². The van der Waals surface area contributed by atoms with E-state index in [1.807, 2.05) is 0 Å². The van der Waals surface area contributed by atoms with Crippen molar-refractivity contribution in [3.8, 4) is 17.1 Å². The van der Waals surface area contributed by atoms with Gasteiger partial charge in [0.15, 0.2) is 0 Å². The van der Waals surface area contributed by atoms with Gasteiger partial charge in [0.1, 0.15) is 23.8 Å². The van der Waals surface area contributed by atoms with Gasteiger partial charge in [-0.25, -0.2) is 0 Å². The molecule has 10 nitrogen and oxygen atoms in total. The molecule has 1 saturated heterocycles. The Kier molecular flexibility index (Phi) is 6.21. The summed E-state index contributed by atoms with van der Waals surface area (Å²) >= 11 is 0.686. The first-order valence-corrected chi connectivity index (χ1v) is 9.49. The molecule has 1 fully saturated rings. The SMILES string of the molecule is CCOC(=O)CN1C(=O)SC(=Cc2ccc(-c3ccc([N+](=O)[O-])cc3OC)o2)C1=O. The van der Waals surface area contributed by atoms with Crippen LogP contribution in [0.5, 0.6) is 5.75 Å². The van der Waals surface area contributed by atoms with Gasteiger partial charge in [-0.1, -0.05) is 0 Å². The number of methoxy groups -OCH3 is 1. The van der Waals surface area contributed by atoms with Gasteiger partial charge in [0, 0.05) is 12.1 Å². The number of amides is 2. The number of nitro groups is 1. The van der Waals surface area contributed by atoms with Crippen LogP contribution in [0.2, 0.25) is 0 Å². The lowest BCUT2D eigenvalue weighted by atomic mass is 10.1. The van der Waals surface area contributed by atoms with Gasteiger partial charge in [-0.15, -0.1) is 0 Å². The molecule has 30 heavy (non-hydrogen) atoms. The third kappa shape index (κ3) is 4.35. The molecule has 1 aromatic heterocycles. The number of carbonyl (C=O) groups excluding carboxylic acids is 3. The zero-order valence-electron chi connectivity index (χ0n) is 15.9. The maximum atomic E-state index is 12.4. The molecule has 0 aliphatic carbocycles. The summed E-state index contributed by atoms with van der Waals surface area (Å²) in [6.07, 6.45) is 1.39. The van der Waals surface area contributed by atoms with Gasteiger partial charge in [-0.2, -0.15) is 0 Å². The number of benzene rings is 1. The third-order valence-corrected chi connectivity index (χ3v) is 4.94. The van der Waals surface area contributed by atoms with Crippen LogP contribution in [0.25, 0.3) is 17.4 Å². The summed E-state index contributed by atoms with van der Waals surface area (Å²) in [6.45, 7) is 1.31. The van der Waals surface area contributed by atoms with Crippen LogP contribution >= 0.6 is 11.8 Å². The predicted octanol–water partition coefficient (Wildman–Crippen LogP) is 3.46. The zero-order valence-corrected chi connectivity index (χ0v) is 16.8. The fourth-order valence-electron chi connectivity index (χ4n) is 2.67. The minimum Gasteiger partial charge on any atom is -0.496 e. The Morgan fingerprint density at radius 1 is 1.30 bits per heavy atom. The topological polar surface area (TPSA) is 129 Å². The Bertz CT molecular complexity index is 1060. The Balaban J connectivity index is 1.83. The van der Waals surface area contributed by atoms with E-state index < -0.39 is 28.6 Å². The number of imide groups is 1. The van der Waals surface area contributed by atoms with Crippen molar-refractivity contribution in [3.05, 3.63) is 51.1 Å². The van der Waals surface area contributed by atoms with Crippen molar-refractivity contribution in [1.82, 2.24) is 4.90 Å². The van der Waals surface area contributed by atoms with Crippen molar-refractivity contribution in [2.75, 3.05) is 20.3 Å². The van der Waals surface area contributed by atoms with E-state index in [9.17, 15) is 24.5 Å². The smallest absolute Gasteiger partial charge is 0.326 e. The van der Waals surface area contributed by atoms with Gasteiger partial charge < -0.3 is 13.9 Å². The van der Waals surface area contributed by atoms with Crippen molar-refractivity contribution < 1.29 is 33.2 Å². The van der Waals surface area contributed by atoms with Gasteiger partial charge >= 0.3 is 5.97 Å². The predicted molar refractivity (Wildman–Crippen MR) is 107 cm³/mol. The summed E-state index contributed by atoms with van der Waals surface area (Å²) in [5, 5.41) is 10.3. The van der Waals surface area contributed by atoms with Crippen molar-refractivity contribution in [3.63, 3.8) is 0 Å². The van der Waals surface area contributed by atoms with E-state index in [-0.39, 0.29) is 28.7 Å². The summed E-state index contributed by atoms with van der Waals surface area (Å²) in [5.74, 6) is -0.402. The van der Waals surface area contributed by atoms with Gasteiger partial charge in [0.05, 0.1) is 35.2 Å². The van der Waals surface area contributed by atoms with Crippen LogP contribution in [0.3, 0.4) is 0 Å². The van der Waals surface area contributed by atoms with Crippen LogP contribution in [0, 0.1) is 10.1 Å². The number of ether oxygens (including phenoxy) is 2. The summed E-state index contributed by atoms with van der Waals surface area (Å²) < 4.78 is 15.7. The molecule has 1 aliphatic heterocycles. The second kappa shape index (κ2) is 8.82.